The molecule has 2 N–H and O–H groups in total. The van der Waals surface area contributed by atoms with E-state index in [9.17, 15) is 18.1 Å². The molecule has 10 nitrogen and oxygen atoms in total. The largest absolute Gasteiger partial charge is 0.493 e. The Morgan fingerprint density at radius 1 is 1.04 bits per heavy atom. The topological polar surface area (TPSA) is 134 Å². The number of fused-ring (bicyclic) bond motifs is 1. The van der Waals surface area contributed by atoms with Crippen LogP contribution in [0.25, 0.3) is 11.1 Å². The van der Waals surface area contributed by atoms with Crippen LogP contribution in [0.1, 0.15) is 65.2 Å². The lowest BCUT2D eigenvalue weighted by molar-refractivity contribution is 0.143. The molecule has 2 aliphatic rings. The maximum Gasteiger partial charge on any atom is 0.266 e. The first kappa shape index (κ1) is 38.5. The van der Waals surface area contributed by atoms with Crippen LogP contribution in [0.2, 0.25) is 5.02 Å². The number of pyridine rings is 1. The van der Waals surface area contributed by atoms with Crippen LogP contribution < -0.4 is 19.5 Å². The van der Waals surface area contributed by atoms with Gasteiger partial charge in [-0.2, -0.15) is 13.7 Å². The monoisotopic (exact) mass is 762 g/mol. The Morgan fingerprint density at radius 2 is 1.83 bits per heavy atom. The fraction of sp³-hybridized carbons (Fsp3) is 0.400. The molecule has 280 valence electrons. The molecule has 0 radical (unpaired) electrons. The summed E-state index contributed by atoms with van der Waals surface area (Å²) in [5.41, 5.74) is 7.39. The second kappa shape index (κ2) is 17.7. The van der Waals surface area contributed by atoms with E-state index in [4.69, 9.17) is 30.4 Å². The van der Waals surface area contributed by atoms with Crippen LogP contribution in [-0.2, 0) is 29.7 Å². The lowest BCUT2D eigenvalue weighted by Crippen LogP contribution is -2.35. The highest BCUT2D eigenvalue weighted by Crippen LogP contribution is 2.44. The van der Waals surface area contributed by atoms with Gasteiger partial charge in [0.25, 0.3) is 10.1 Å². The predicted octanol–water partition coefficient (Wildman–Crippen LogP) is 7.41. The number of aromatic nitrogens is 1. The van der Waals surface area contributed by atoms with Gasteiger partial charge in [0.15, 0.2) is 0 Å². The zero-order chi connectivity index (χ0) is 37.4. The van der Waals surface area contributed by atoms with Crippen molar-refractivity contribution in [3.8, 4) is 34.4 Å². The second-order valence-electron chi connectivity index (χ2n) is 13.5. The van der Waals surface area contributed by atoms with Crippen molar-refractivity contribution < 1.29 is 31.6 Å². The van der Waals surface area contributed by atoms with E-state index in [1.54, 1.807) is 24.4 Å². The summed E-state index contributed by atoms with van der Waals surface area (Å²) in [6.45, 7) is 5.58. The van der Waals surface area contributed by atoms with Crippen molar-refractivity contribution >= 4 is 21.7 Å². The van der Waals surface area contributed by atoms with Gasteiger partial charge in [-0.15, -0.1) is 0 Å². The summed E-state index contributed by atoms with van der Waals surface area (Å²) in [7, 11) is -4.12. The lowest BCUT2D eigenvalue weighted by Gasteiger charge is -2.28. The summed E-state index contributed by atoms with van der Waals surface area (Å²) in [5.74, 6) is 1.33. The zero-order valence-electron chi connectivity index (χ0n) is 29.7. The van der Waals surface area contributed by atoms with E-state index in [0.29, 0.717) is 52.7 Å². The summed E-state index contributed by atoms with van der Waals surface area (Å²) < 4.78 is 64.1. The minimum absolute atomic E-state index is 0.0274. The van der Waals surface area contributed by atoms with E-state index >= 15 is 0 Å². The van der Waals surface area contributed by atoms with Crippen LogP contribution in [0.3, 0.4) is 0 Å². The Labute approximate surface area is 315 Å². The molecule has 1 saturated heterocycles. The Bertz CT molecular complexity index is 2050. The minimum atomic E-state index is -4.12. The molecule has 4 aromatic rings. The van der Waals surface area contributed by atoms with Crippen molar-refractivity contribution in [2.75, 3.05) is 38.5 Å². The first-order chi connectivity index (χ1) is 25.6. The number of likely N-dealkylation sites (tertiary alicyclic amines) is 1. The molecule has 1 atom stereocenters. The minimum Gasteiger partial charge on any atom is -0.493 e. The third kappa shape index (κ3) is 10.2. The maximum atomic E-state index is 13.5. The third-order valence-corrected chi connectivity index (χ3v) is 10.8. The molecule has 1 fully saturated rings. The molecule has 0 bridgehead atoms. The number of nitriles is 1. The van der Waals surface area contributed by atoms with E-state index in [1.165, 1.54) is 11.8 Å². The molecule has 53 heavy (non-hydrogen) atoms. The van der Waals surface area contributed by atoms with Crippen molar-refractivity contribution in [1.29, 1.82) is 5.26 Å². The van der Waals surface area contributed by atoms with Gasteiger partial charge in [0, 0.05) is 62.3 Å². The summed E-state index contributed by atoms with van der Waals surface area (Å²) in [6, 6.07) is 19.7. The van der Waals surface area contributed by atoms with Gasteiger partial charge >= 0.3 is 0 Å². The van der Waals surface area contributed by atoms with Crippen LogP contribution >= 0.6 is 11.6 Å². The number of hydrogen-bond acceptors (Lipinski definition) is 9. The van der Waals surface area contributed by atoms with Crippen molar-refractivity contribution in [3.63, 3.8) is 0 Å². The molecule has 0 amide bonds. The number of halogens is 2. The average molecular weight is 763 g/mol. The van der Waals surface area contributed by atoms with Gasteiger partial charge in [0.2, 0.25) is 0 Å². The van der Waals surface area contributed by atoms with Crippen LogP contribution in [0, 0.1) is 18.3 Å². The molecule has 1 aromatic heterocycles. The highest BCUT2D eigenvalue weighted by atomic mass is 35.5. The van der Waals surface area contributed by atoms with Gasteiger partial charge in [-0.25, -0.2) is 4.39 Å². The molecule has 3 aromatic carbocycles. The van der Waals surface area contributed by atoms with Crippen LogP contribution in [0.5, 0.6) is 17.2 Å². The summed E-state index contributed by atoms with van der Waals surface area (Å²) >= 11 is 6.79. The zero-order valence-corrected chi connectivity index (χ0v) is 31.3. The predicted molar refractivity (Wildman–Crippen MR) is 202 cm³/mol. The number of alkyl halides is 1. The van der Waals surface area contributed by atoms with E-state index in [0.717, 1.165) is 66.9 Å². The maximum absolute atomic E-state index is 13.5. The van der Waals surface area contributed by atoms with Crippen molar-refractivity contribution in [1.82, 2.24) is 15.2 Å². The number of ether oxygens (including phenoxy) is 3. The Balaban J connectivity index is 1.17. The number of benzene rings is 3. The number of rotatable bonds is 16. The molecule has 13 heteroatoms. The molecule has 6 rings (SSSR count). The fourth-order valence-corrected chi connectivity index (χ4v) is 7.59. The van der Waals surface area contributed by atoms with Crippen LogP contribution in [0.4, 0.5) is 4.39 Å². The van der Waals surface area contributed by atoms with Crippen LogP contribution in [-0.4, -0.2) is 67.6 Å². The first-order valence-electron chi connectivity index (χ1n) is 17.9. The number of piperidine rings is 1. The average Bonchev–Trinajstić information content (AvgIpc) is 3.56. The third-order valence-electron chi connectivity index (χ3n) is 9.74. The van der Waals surface area contributed by atoms with E-state index in [1.807, 2.05) is 18.2 Å². The van der Waals surface area contributed by atoms with Crippen molar-refractivity contribution in [2.24, 2.45) is 0 Å². The van der Waals surface area contributed by atoms with Gasteiger partial charge in [-0.3, -0.25) is 9.54 Å². The molecule has 1 aliphatic heterocycles. The molecule has 0 saturated carbocycles. The Kier molecular flexibility index (Phi) is 12.9. The summed E-state index contributed by atoms with van der Waals surface area (Å²) in [5, 5.41) is 12.7. The van der Waals surface area contributed by atoms with Gasteiger partial charge in [0.1, 0.15) is 42.2 Å². The van der Waals surface area contributed by atoms with E-state index in [2.05, 4.69) is 46.4 Å². The van der Waals surface area contributed by atoms with Gasteiger partial charge in [-0.05, 0) is 85.0 Å². The SMILES string of the molecule is Cc1c(OCCCN2CCC(F)CC2)cccc1-c1cccc2c1CC[C@@H]2Oc1cc(OCc2cncc(C#N)c2)c(CNCCS(=O)(=O)O)cc1Cl. The van der Waals surface area contributed by atoms with E-state index in [-0.39, 0.29) is 25.8 Å². The van der Waals surface area contributed by atoms with Crippen LogP contribution in [0.15, 0.2) is 67.0 Å². The first-order valence-corrected chi connectivity index (χ1v) is 19.9. The fourth-order valence-electron chi connectivity index (χ4n) is 6.95. The quantitative estimate of drug-likeness (QED) is 0.0878. The molecule has 1 aliphatic carbocycles. The second-order valence-corrected chi connectivity index (χ2v) is 15.5. The molecule has 2 heterocycles. The standard InChI is InChI=1S/C40H44ClFN4O6S/c1-27-32(5-3-8-37(27)50-17-4-14-46-15-11-31(42)12-16-46)33-6-2-7-35-34(33)9-10-38(35)52-40-21-39(51-26-29-19-28(22-43)23-45-24-29)30(20-36(40)41)25-44-13-18-53(47,48)49/h2-3,5-8,19-21,23-24,31,38,44H,4,9-18,25-26H2,1H3,(H,47,48,49)/t38-/m0/s1. The van der Waals surface area contributed by atoms with Gasteiger partial charge in [0.05, 0.1) is 22.9 Å². The normalized spacial score (nSPS) is 16.2. The van der Waals surface area contributed by atoms with Gasteiger partial charge < -0.3 is 24.4 Å². The number of nitrogens with zero attached hydrogens (tertiary/aromatic N) is 3. The summed E-state index contributed by atoms with van der Waals surface area (Å²) in [6.07, 6.45) is 5.85. The molecular formula is C40H44ClFN4O6S. The number of nitrogens with one attached hydrogen (secondary N) is 1. The molecule has 0 unspecified atom stereocenters. The molecular weight excluding hydrogens is 719 g/mol. The highest BCUT2D eigenvalue weighted by molar-refractivity contribution is 7.85. The number of hydrogen-bond donors (Lipinski definition) is 2. The highest BCUT2D eigenvalue weighted by Gasteiger charge is 2.28. The van der Waals surface area contributed by atoms with Crippen molar-refractivity contribution in [3.05, 3.63) is 105 Å². The lowest BCUT2D eigenvalue weighted by atomic mass is 9.93. The van der Waals surface area contributed by atoms with Crippen molar-refractivity contribution in [2.45, 2.75) is 64.5 Å². The summed E-state index contributed by atoms with van der Waals surface area (Å²) in [4.78, 5) is 6.42. The smallest absolute Gasteiger partial charge is 0.266 e. The molecule has 0 spiro atoms. The van der Waals surface area contributed by atoms with Gasteiger partial charge in [-0.1, -0.05) is 41.9 Å². The van der Waals surface area contributed by atoms with E-state index < -0.39 is 22.0 Å². The Hall–Kier alpha value is -4.25. The Morgan fingerprint density at radius 3 is 2.62 bits per heavy atom.